The van der Waals surface area contributed by atoms with E-state index in [1.807, 2.05) is 97.5 Å². The topological polar surface area (TPSA) is 94.1 Å². The fourth-order valence-corrected chi connectivity index (χ4v) is 5.45. The van der Waals surface area contributed by atoms with Gasteiger partial charge in [0.2, 0.25) is 0 Å². The Balaban J connectivity index is 1.27. The minimum absolute atomic E-state index is 0.313. The molecule has 43 heavy (non-hydrogen) atoms. The molecule has 0 aliphatic rings. The van der Waals surface area contributed by atoms with Gasteiger partial charge in [-0.25, -0.2) is 4.98 Å². The normalized spacial score (nSPS) is 11.5. The molecular formula is C35H35N7O. The number of aromatic nitrogens is 5. The first kappa shape index (κ1) is 28.2. The number of nitrogens with zero attached hydrogens (tertiary/aromatic N) is 6. The average molecular weight is 570 g/mol. The molecule has 4 aromatic heterocycles. The zero-order valence-electron chi connectivity index (χ0n) is 24.3. The highest BCUT2D eigenvalue weighted by molar-refractivity contribution is 5.74. The summed E-state index contributed by atoms with van der Waals surface area (Å²) in [6, 6.07) is 30.1. The maximum Gasteiger partial charge on any atom is 0.124 e. The number of phenolic OH excluding ortho intramolecular Hbond substituents is 1. The predicted octanol–water partition coefficient (Wildman–Crippen LogP) is 6.17. The fourth-order valence-electron chi connectivity index (χ4n) is 5.45. The zero-order valence-corrected chi connectivity index (χ0v) is 24.3. The summed E-state index contributed by atoms with van der Waals surface area (Å²) in [4.78, 5) is 26.5. The molecular weight excluding hydrogens is 534 g/mol. The van der Waals surface area contributed by atoms with Crippen LogP contribution in [0.15, 0.2) is 110 Å². The van der Waals surface area contributed by atoms with E-state index < -0.39 is 0 Å². The van der Waals surface area contributed by atoms with Crippen LogP contribution in [0.25, 0.3) is 11.0 Å². The summed E-state index contributed by atoms with van der Waals surface area (Å²) in [6.07, 6.45) is 5.44. The van der Waals surface area contributed by atoms with Gasteiger partial charge in [0.1, 0.15) is 11.6 Å². The molecule has 216 valence electrons. The van der Waals surface area contributed by atoms with E-state index in [9.17, 15) is 5.11 Å². The Bertz CT molecular complexity index is 1680. The molecule has 0 amide bonds. The van der Waals surface area contributed by atoms with Crippen molar-refractivity contribution in [2.24, 2.45) is 0 Å². The van der Waals surface area contributed by atoms with Crippen molar-refractivity contribution < 1.29 is 5.11 Å². The van der Waals surface area contributed by atoms with Crippen LogP contribution in [0.1, 0.15) is 39.6 Å². The predicted molar refractivity (Wildman–Crippen MR) is 168 cm³/mol. The molecule has 8 heteroatoms. The van der Waals surface area contributed by atoms with Gasteiger partial charge in [0.05, 0.1) is 34.7 Å². The van der Waals surface area contributed by atoms with Crippen LogP contribution in [0.2, 0.25) is 0 Å². The summed E-state index contributed by atoms with van der Waals surface area (Å²) in [5.41, 5.74) is 7.70. The highest BCUT2D eigenvalue weighted by atomic mass is 16.3. The van der Waals surface area contributed by atoms with Crippen LogP contribution >= 0.6 is 0 Å². The van der Waals surface area contributed by atoms with Gasteiger partial charge in [0, 0.05) is 62.4 Å². The fraction of sp³-hybridized carbons (Fsp3) is 0.200. The van der Waals surface area contributed by atoms with Crippen molar-refractivity contribution in [2.45, 2.75) is 46.2 Å². The minimum atomic E-state index is 0.313. The summed E-state index contributed by atoms with van der Waals surface area (Å²) in [7, 11) is 0. The Labute approximate surface area is 251 Å². The molecule has 4 heterocycles. The maximum atomic E-state index is 11.7. The van der Waals surface area contributed by atoms with E-state index in [1.165, 1.54) is 0 Å². The van der Waals surface area contributed by atoms with E-state index >= 15 is 0 Å². The summed E-state index contributed by atoms with van der Waals surface area (Å²) < 4.78 is 0. The highest BCUT2D eigenvalue weighted by Crippen LogP contribution is 2.29. The summed E-state index contributed by atoms with van der Waals surface area (Å²) in [6.45, 7) is 5.64. The van der Waals surface area contributed by atoms with Crippen molar-refractivity contribution >= 4 is 11.0 Å². The van der Waals surface area contributed by atoms with Crippen LogP contribution in [0, 0.1) is 6.92 Å². The number of phenols is 1. The molecule has 0 aliphatic heterocycles. The first-order valence-electron chi connectivity index (χ1n) is 14.5. The van der Waals surface area contributed by atoms with E-state index in [2.05, 4.69) is 48.8 Å². The van der Waals surface area contributed by atoms with Gasteiger partial charge in [-0.3, -0.25) is 24.8 Å². The number of imidazole rings is 1. The Morgan fingerprint density at radius 2 is 1.09 bits per heavy atom. The van der Waals surface area contributed by atoms with Crippen molar-refractivity contribution in [3.05, 3.63) is 149 Å². The van der Waals surface area contributed by atoms with Crippen molar-refractivity contribution in [1.82, 2.24) is 34.7 Å². The Kier molecular flexibility index (Phi) is 8.77. The van der Waals surface area contributed by atoms with Gasteiger partial charge in [-0.1, -0.05) is 48.0 Å². The molecule has 0 unspecified atom stereocenters. The van der Waals surface area contributed by atoms with E-state index in [4.69, 9.17) is 4.98 Å². The van der Waals surface area contributed by atoms with E-state index in [1.54, 1.807) is 0 Å². The van der Waals surface area contributed by atoms with Crippen molar-refractivity contribution in [1.29, 1.82) is 0 Å². The van der Waals surface area contributed by atoms with E-state index in [0.29, 0.717) is 45.0 Å². The number of H-pyrrole nitrogens is 1. The van der Waals surface area contributed by atoms with Crippen LogP contribution in [0.4, 0.5) is 0 Å². The van der Waals surface area contributed by atoms with Crippen molar-refractivity contribution in [2.75, 3.05) is 0 Å². The molecule has 2 N–H and O–H groups in total. The summed E-state index contributed by atoms with van der Waals surface area (Å²) in [5.74, 6) is 1.19. The lowest BCUT2D eigenvalue weighted by molar-refractivity contribution is 0.230. The Morgan fingerprint density at radius 3 is 1.58 bits per heavy atom. The second kappa shape index (κ2) is 13.4. The number of para-hydroxylation sites is 2. The largest absolute Gasteiger partial charge is 0.507 e. The molecule has 0 spiro atoms. The number of fused-ring (bicyclic) bond motifs is 1. The average Bonchev–Trinajstić information content (AvgIpc) is 3.43. The number of pyridine rings is 3. The molecule has 0 bridgehead atoms. The quantitative estimate of drug-likeness (QED) is 0.182. The van der Waals surface area contributed by atoms with Gasteiger partial charge in [0.15, 0.2) is 0 Å². The third-order valence-electron chi connectivity index (χ3n) is 7.35. The number of rotatable bonds is 12. The number of benzene rings is 2. The zero-order chi connectivity index (χ0) is 29.4. The summed E-state index contributed by atoms with van der Waals surface area (Å²) in [5, 5.41) is 11.7. The smallest absolute Gasteiger partial charge is 0.124 e. The van der Waals surface area contributed by atoms with Crippen LogP contribution in [0.3, 0.4) is 0 Å². The van der Waals surface area contributed by atoms with Gasteiger partial charge >= 0.3 is 0 Å². The first-order chi connectivity index (χ1) is 21.1. The van der Waals surface area contributed by atoms with Crippen molar-refractivity contribution in [3.8, 4) is 5.75 Å². The molecule has 0 saturated carbocycles. The molecule has 0 saturated heterocycles. The molecule has 2 aromatic carbocycles. The van der Waals surface area contributed by atoms with Gasteiger partial charge in [-0.2, -0.15) is 0 Å². The monoisotopic (exact) mass is 569 g/mol. The van der Waals surface area contributed by atoms with E-state index in [0.717, 1.165) is 50.6 Å². The lowest BCUT2D eigenvalue weighted by atomic mass is 10.0. The third-order valence-corrected chi connectivity index (χ3v) is 7.35. The van der Waals surface area contributed by atoms with Gasteiger partial charge in [-0.05, 0) is 55.5 Å². The standard InChI is InChI=1S/C35H35N7O/c1-26-18-27(20-41(22-29-10-4-7-15-36-29)23-30-11-5-8-16-37-30)35(43)28(19-26)21-42(24-31-12-6-9-17-38-31)25-34-39-32-13-2-3-14-33(32)40-34/h2-19,43H,20-25H2,1H3,(H,39,40). The van der Waals surface area contributed by atoms with Crippen LogP contribution < -0.4 is 0 Å². The Morgan fingerprint density at radius 1 is 0.605 bits per heavy atom. The van der Waals surface area contributed by atoms with Gasteiger partial charge in [-0.15, -0.1) is 0 Å². The summed E-state index contributed by atoms with van der Waals surface area (Å²) >= 11 is 0. The number of aryl methyl sites for hydroxylation is 1. The van der Waals surface area contributed by atoms with E-state index in [-0.39, 0.29) is 0 Å². The van der Waals surface area contributed by atoms with Gasteiger partial charge in [0.25, 0.3) is 0 Å². The third kappa shape index (κ3) is 7.48. The number of hydrogen-bond donors (Lipinski definition) is 2. The highest BCUT2D eigenvalue weighted by Gasteiger charge is 2.18. The van der Waals surface area contributed by atoms with Crippen molar-refractivity contribution in [3.63, 3.8) is 0 Å². The molecule has 0 radical (unpaired) electrons. The minimum Gasteiger partial charge on any atom is -0.507 e. The maximum absolute atomic E-state index is 11.7. The molecule has 6 aromatic rings. The number of aromatic hydroxyl groups is 1. The second-order valence-electron chi connectivity index (χ2n) is 10.9. The number of hydrogen-bond acceptors (Lipinski definition) is 7. The molecule has 0 aliphatic carbocycles. The number of nitrogens with one attached hydrogen (secondary N) is 1. The lowest BCUT2D eigenvalue weighted by Gasteiger charge is -2.25. The molecule has 8 nitrogen and oxygen atoms in total. The Hall–Kier alpha value is -4.92. The number of aromatic amines is 1. The molecule has 0 atom stereocenters. The van der Waals surface area contributed by atoms with Gasteiger partial charge < -0.3 is 10.1 Å². The SMILES string of the molecule is Cc1cc(CN(Cc2ccccn2)Cc2ccccn2)c(O)c(CN(Cc2ccccn2)Cc2nc3ccccc3[nH]2)c1. The van der Waals surface area contributed by atoms with Crippen LogP contribution in [0.5, 0.6) is 5.75 Å². The molecule has 0 fully saturated rings. The molecule has 6 rings (SSSR count). The lowest BCUT2D eigenvalue weighted by Crippen LogP contribution is -2.25. The first-order valence-corrected chi connectivity index (χ1v) is 14.5. The van der Waals surface area contributed by atoms with Crippen LogP contribution in [-0.2, 0) is 39.3 Å². The van der Waals surface area contributed by atoms with Crippen LogP contribution in [-0.4, -0.2) is 39.8 Å². The second-order valence-corrected chi connectivity index (χ2v) is 10.9.